The van der Waals surface area contributed by atoms with Crippen LogP contribution in [-0.4, -0.2) is 20.8 Å². The summed E-state index contributed by atoms with van der Waals surface area (Å²) in [6.45, 7) is 1.52. The van der Waals surface area contributed by atoms with E-state index in [0.717, 1.165) is 0 Å². The first-order valence-electron chi connectivity index (χ1n) is 4.78. The Morgan fingerprint density at radius 3 is 2.62 bits per heavy atom. The summed E-state index contributed by atoms with van der Waals surface area (Å²) < 4.78 is 29.1. The number of methoxy groups -OCH3 is 1. The third-order valence-electron chi connectivity index (χ3n) is 2.28. The molecule has 0 spiro atoms. The van der Waals surface area contributed by atoms with Gasteiger partial charge in [0.15, 0.2) is 9.84 Å². The summed E-state index contributed by atoms with van der Waals surface area (Å²) in [5.41, 5.74) is 0. The van der Waals surface area contributed by atoms with E-state index < -0.39 is 15.1 Å². The first-order valence-corrected chi connectivity index (χ1v) is 6.32. The van der Waals surface area contributed by atoms with Crippen LogP contribution in [0.1, 0.15) is 13.3 Å². The number of rotatable bonds is 4. The molecule has 5 heteroatoms. The molecule has 0 fully saturated rings. The van der Waals surface area contributed by atoms with E-state index in [-0.39, 0.29) is 11.3 Å². The van der Waals surface area contributed by atoms with Gasteiger partial charge in [0.2, 0.25) is 0 Å². The number of nitrogens with zero attached hydrogens (tertiary/aromatic N) is 1. The van der Waals surface area contributed by atoms with Crippen LogP contribution in [0, 0.1) is 11.3 Å². The largest absolute Gasteiger partial charge is 0.495 e. The van der Waals surface area contributed by atoms with Crippen LogP contribution < -0.4 is 4.74 Å². The number of benzene rings is 1. The van der Waals surface area contributed by atoms with Crippen molar-refractivity contribution in [1.82, 2.24) is 0 Å². The summed E-state index contributed by atoms with van der Waals surface area (Å²) in [4.78, 5) is 0.139. The van der Waals surface area contributed by atoms with E-state index in [0.29, 0.717) is 5.75 Å². The molecule has 1 rings (SSSR count). The topological polar surface area (TPSA) is 67.2 Å². The Morgan fingerprint density at radius 2 is 2.06 bits per heavy atom. The summed E-state index contributed by atoms with van der Waals surface area (Å²) in [6, 6.07) is 8.27. The maximum Gasteiger partial charge on any atom is 0.185 e. The summed E-state index contributed by atoms with van der Waals surface area (Å²) in [5, 5.41) is 7.80. The van der Waals surface area contributed by atoms with Crippen LogP contribution in [0.15, 0.2) is 29.2 Å². The average Bonchev–Trinajstić information content (AvgIpc) is 2.29. The molecule has 1 atom stereocenters. The highest BCUT2D eigenvalue weighted by atomic mass is 32.2. The number of nitriles is 1. The van der Waals surface area contributed by atoms with Gasteiger partial charge in [0, 0.05) is 0 Å². The number of hydrogen-bond acceptors (Lipinski definition) is 4. The molecule has 4 nitrogen and oxygen atoms in total. The Hall–Kier alpha value is -1.54. The molecule has 1 aromatic rings. The zero-order chi connectivity index (χ0) is 12.2. The number of hydrogen-bond donors (Lipinski definition) is 0. The van der Waals surface area contributed by atoms with Gasteiger partial charge < -0.3 is 4.74 Å². The van der Waals surface area contributed by atoms with Gasteiger partial charge in [-0.05, 0) is 19.1 Å². The maximum atomic E-state index is 12.1. The molecule has 0 aromatic heterocycles. The second kappa shape index (κ2) is 4.99. The van der Waals surface area contributed by atoms with Gasteiger partial charge in [-0.3, -0.25) is 0 Å². The van der Waals surface area contributed by atoms with Crippen LogP contribution in [0.4, 0.5) is 0 Å². The first kappa shape index (κ1) is 12.5. The van der Waals surface area contributed by atoms with Crippen LogP contribution in [0.3, 0.4) is 0 Å². The van der Waals surface area contributed by atoms with Gasteiger partial charge in [-0.2, -0.15) is 5.26 Å². The molecule has 0 bridgehead atoms. The molecule has 0 aliphatic carbocycles. The van der Waals surface area contributed by atoms with Crippen LogP contribution >= 0.6 is 0 Å². The highest BCUT2D eigenvalue weighted by Gasteiger charge is 2.25. The maximum absolute atomic E-state index is 12.1. The molecule has 0 N–H and O–H groups in total. The normalized spacial score (nSPS) is 12.8. The molecule has 1 aromatic carbocycles. The summed E-state index contributed by atoms with van der Waals surface area (Å²) in [7, 11) is -2.07. The lowest BCUT2D eigenvalue weighted by molar-refractivity contribution is 0.402. The minimum atomic E-state index is -3.49. The highest BCUT2D eigenvalue weighted by molar-refractivity contribution is 7.92. The van der Waals surface area contributed by atoms with E-state index in [4.69, 9.17) is 10.00 Å². The molecule has 0 radical (unpaired) electrons. The van der Waals surface area contributed by atoms with E-state index >= 15 is 0 Å². The van der Waals surface area contributed by atoms with Crippen LogP contribution in [0.5, 0.6) is 5.75 Å². The Kier molecular flexibility index (Phi) is 3.91. The van der Waals surface area contributed by atoms with Gasteiger partial charge in [0.1, 0.15) is 10.6 Å². The Balaban J connectivity index is 3.23. The lowest BCUT2D eigenvalue weighted by atomic mass is 10.3. The SMILES string of the molecule is COc1ccccc1S(=O)(=O)C(C)CC#N. The molecule has 0 saturated carbocycles. The third-order valence-corrected chi connectivity index (χ3v) is 4.46. The highest BCUT2D eigenvalue weighted by Crippen LogP contribution is 2.27. The lowest BCUT2D eigenvalue weighted by Crippen LogP contribution is -2.18. The molecule has 0 amide bonds. The molecule has 0 saturated heterocycles. The van der Waals surface area contributed by atoms with Crippen molar-refractivity contribution in [1.29, 1.82) is 5.26 Å². The molecule has 1 unspecified atom stereocenters. The molecule has 0 heterocycles. The van der Waals surface area contributed by atoms with Crippen molar-refractivity contribution in [3.05, 3.63) is 24.3 Å². The Labute approximate surface area is 95.4 Å². The van der Waals surface area contributed by atoms with E-state index in [1.54, 1.807) is 18.2 Å². The van der Waals surface area contributed by atoms with E-state index in [1.807, 2.05) is 6.07 Å². The van der Waals surface area contributed by atoms with Crippen molar-refractivity contribution in [3.63, 3.8) is 0 Å². The fourth-order valence-electron chi connectivity index (χ4n) is 1.31. The zero-order valence-electron chi connectivity index (χ0n) is 9.17. The number of sulfone groups is 1. The van der Waals surface area contributed by atoms with Gasteiger partial charge in [-0.1, -0.05) is 12.1 Å². The van der Waals surface area contributed by atoms with Crippen molar-refractivity contribution >= 4 is 9.84 Å². The summed E-state index contributed by atoms with van der Waals surface area (Å²) >= 11 is 0. The predicted octanol–water partition coefficient (Wildman–Crippen LogP) is 1.77. The van der Waals surface area contributed by atoms with Crippen LogP contribution in [0.2, 0.25) is 0 Å². The number of ether oxygens (including phenoxy) is 1. The van der Waals surface area contributed by atoms with Gasteiger partial charge in [-0.25, -0.2) is 8.42 Å². The quantitative estimate of drug-likeness (QED) is 0.803. The number of para-hydroxylation sites is 1. The van der Waals surface area contributed by atoms with Crippen molar-refractivity contribution in [2.24, 2.45) is 0 Å². The second-order valence-corrected chi connectivity index (χ2v) is 5.70. The van der Waals surface area contributed by atoms with Gasteiger partial charge >= 0.3 is 0 Å². The van der Waals surface area contributed by atoms with Crippen molar-refractivity contribution < 1.29 is 13.2 Å². The van der Waals surface area contributed by atoms with Crippen molar-refractivity contribution in [2.75, 3.05) is 7.11 Å². The van der Waals surface area contributed by atoms with E-state index in [9.17, 15) is 8.42 Å². The average molecular weight is 239 g/mol. The minimum absolute atomic E-state index is 0.0274. The molecular formula is C11H13NO3S. The van der Waals surface area contributed by atoms with Gasteiger partial charge in [0.25, 0.3) is 0 Å². The predicted molar refractivity (Wildman–Crippen MR) is 59.9 cm³/mol. The Bertz CT molecular complexity index is 502. The monoisotopic (exact) mass is 239 g/mol. The lowest BCUT2D eigenvalue weighted by Gasteiger charge is -2.12. The van der Waals surface area contributed by atoms with Crippen molar-refractivity contribution in [3.8, 4) is 11.8 Å². The first-order chi connectivity index (χ1) is 7.54. The smallest absolute Gasteiger partial charge is 0.185 e. The van der Waals surface area contributed by atoms with Gasteiger partial charge in [-0.15, -0.1) is 0 Å². The standard InChI is InChI=1S/C11H13NO3S/c1-9(7-8-12)16(13,14)11-6-4-3-5-10(11)15-2/h3-6,9H,7H2,1-2H3. The second-order valence-electron chi connectivity index (χ2n) is 3.37. The van der Waals surface area contributed by atoms with E-state index in [1.165, 1.54) is 20.1 Å². The van der Waals surface area contributed by atoms with Crippen LogP contribution in [-0.2, 0) is 9.84 Å². The third kappa shape index (κ3) is 2.34. The minimum Gasteiger partial charge on any atom is -0.495 e. The fraction of sp³-hybridized carbons (Fsp3) is 0.364. The van der Waals surface area contributed by atoms with Gasteiger partial charge in [0.05, 0.1) is 24.8 Å². The molecule has 16 heavy (non-hydrogen) atoms. The molecule has 0 aliphatic rings. The summed E-state index contributed by atoms with van der Waals surface area (Å²) in [5.74, 6) is 0.312. The Morgan fingerprint density at radius 1 is 1.44 bits per heavy atom. The molecular weight excluding hydrogens is 226 g/mol. The molecule has 86 valence electrons. The summed E-state index contributed by atoms with van der Waals surface area (Å²) in [6.07, 6.45) is -0.0274. The van der Waals surface area contributed by atoms with E-state index in [2.05, 4.69) is 0 Å². The van der Waals surface area contributed by atoms with Crippen LogP contribution in [0.25, 0.3) is 0 Å². The zero-order valence-corrected chi connectivity index (χ0v) is 9.99. The van der Waals surface area contributed by atoms with Crippen molar-refractivity contribution in [2.45, 2.75) is 23.5 Å². The fourth-order valence-corrected chi connectivity index (χ4v) is 2.74. The molecule has 0 aliphatic heterocycles.